The number of ether oxygens (including phenoxy) is 1. The smallest absolute Gasteiger partial charge is 0.260 e. The number of primary sulfonamides is 1. The van der Waals surface area contributed by atoms with Crippen molar-refractivity contribution in [2.45, 2.75) is 11.4 Å². The van der Waals surface area contributed by atoms with E-state index in [0.717, 1.165) is 16.7 Å². The fraction of sp³-hybridized carbons (Fsp3) is 0.0833. The van der Waals surface area contributed by atoms with E-state index in [-0.39, 0.29) is 4.90 Å². The van der Waals surface area contributed by atoms with Gasteiger partial charge in [-0.3, -0.25) is 14.9 Å². The maximum Gasteiger partial charge on any atom is 0.260 e. The average molecular weight is 464 g/mol. The maximum atomic E-state index is 12.6. The number of benzene rings is 3. The van der Waals surface area contributed by atoms with Crippen molar-refractivity contribution in [3.8, 4) is 16.9 Å². The molecule has 3 aromatic rings. The molecular formula is C24H21N3O5S. The van der Waals surface area contributed by atoms with E-state index in [2.05, 4.69) is 10.6 Å². The van der Waals surface area contributed by atoms with Crippen molar-refractivity contribution in [1.82, 2.24) is 10.6 Å². The molecule has 33 heavy (non-hydrogen) atoms. The number of fused-ring (bicyclic) bond motifs is 1. The molecule has 0 radical (unpaired) electrons. The predicted octanol–water partition coefficient (Wildman–Crippen LogP) is 2.41. The largest absolute Gasteiger partial charge is 0.497 e. The summed E-state index contributed by atoms with van der Waals surface area (Å²) in [6, 6.07) is 18.9. The van der Waals surface area contributed by atoms with Crippen molar-refractivity contribution in [2.24, 2.45) is 5.14 Å². The Morgan fingerprint density at radius 2 is 1.67 bits per heavy atom. The van der Waals surface area contributed by atoms with Gasteiger partial charge < -0.3 is 10.1 Å². The molecule has 168 valence electrons. The highest BCUT2D eigenvalue weighted by atomic mass is 32.2. The Morgan fingerprint density at radius 1 is 0.939 bits per heavy atom. The summed E-state index contributed by atoms with van der Waals surface area (Å²) in [6.45, 7) is 0.334. The highest BCUT2D eigenvalue weighted by Gasteiger charge is 2.27. The van der Waals surface area contributed by atoms with Crippen molar-refractivity contribution in [3.05, 3.63) is 89.6 Å². The van der Waals surface area contributed by atoms with Crippen LogP contribution in [-0.4, -0.2) is 27.3 Å². The lowest BCUT2D eigenvalue weighted by molar-refractivity contribution is -0.114. The summed E-state index contributed by atoms with van der Waals surface area (Å²) >= 11 is 0. The van der Waals surface area contributed by atoms with E-state index in [0.29, 0.717) is 29.0 Å². The zero-order chi connectivity index (χ0) is 23.6. The summed E-state index contributed by atoms with van der Waals surface area (Å²) in [6.07, 6.45) is 1.55. The molecule has 0 spiro atoms. The predicted molar refractivity (Wildman–Crippen MR) is 124 cm³/mol. The van der Waals surface area contributed by atoms with Gasteiger partial charge in [0.2, 0.25) is 10.0 Å². The molecule has 4 rings (SSSR count). The van der Waals surface area contributed by atoms with Gasteiger partial charge >= 0.3 is 0 Å². The minimum absolute atomic E-state index is 0.0220. The third-order valence-electron chi connectivity index (χ3n) is 5.23. The van der Waals surface area contributed by atoms with Crippen LogP contribution < -0.4 is 20.5 Å². The Hall–Kier alpha value is -3.95. The van der Waals surface area contributed by atoms with Gasteiger partial charge in [-0.15, -0.1) is 0 Å². The fourth-order valence-corrected chi connectivity index (χ4v) is 4.03. The highest BCUT2D eigenvalue weighted by Crippen LogP contribution is 2.30. The van der Waals surface area contributed by atoms with Crippen LogP contribution in [0.15, 0.2) is 77.8 Å². The quantitative estimate of drug-likeness (QED) is 0.381. The van der Waals surface area contributed by atoms with Crippen molar-refractivity contribution >= 4 is 27.4 Å². The first-order valence-corrected chi connectivity index (χ1v) is 11.5. The topological polar surface area (TPSA) is 128 Å². The van der Waals surface area contributed by atoms with Gasteiger partial charge in [-0.05, 0) is 53.1 Å². The Labute approximate surface area is 191 Å². The number of nitrogens with two attached hydrogens (primary N) is 1. The number of hydrogen-bond acceptors (Lipinski definition) is 6. The number of carbonyl (C=O) groups is 2. The third kappa shape index (κ3) is 4.79. The first-order valence-electron chi connectivity index (χ1n) is 9.96. The fourth-order valence-electron chi connectivity index (χ4n) is 3.52. The van der Waals surface area contributed by atoms with Crippen LogP contribution in [0, 0.1) is 0 Å². The molecule has 0 saturated heterocycles. The van der Waals surface area contributed by atoms with Gasteiger partial charge in [-0.25, -0.2) is 13.6 Å². The van der Waals surface area contributed by atoms with Crippen LogP contribution in [0.4, 0.5) is 0 Å². The Balaban J connectivity index is 1.62. The summed E-state index contributed by atoms with van der Waals surface area (Å²) < 4.78 is 28.1. The Kier molecular flexibility index (Phi) is 5.99. The van der Waals surface area contributed by atoms with Gasteiger partial charge in [0.05, 0.1) is 17.6 Å². The third-order valence-corrected chi connectivity index (χ3v) is 6.16. The summed E-state index contributed by atoms with van der Waals surface area (Å²) in [7, 11) is -2.17. The number of rotatable bonds is 6. The van der Waals surface area contributed by atoms with Crippen molar-refractivity contribution in [3.63, 3.8) is 0 Å². The van der Waals surface area contributed by atoms with Gasteiger partial charge in [0.25, 0.3) is 11.8 Å². The molecular weight excluding hydrogens is 442 g/mol. The lowest BCUT2D eigenvalue weighted by atomic mass is 9.91. The normalized spacial score (nSPS) is 14.5. The second kappa shape index (κ2) is 8.89. The van der Waals surface area contributed by atoms with Crippen LogP contribution in [0.3, 0.4) is 0 Å². The average Bonchev–Trinajstić information content (AvgIpc) is 2.80. The zero-order valence-electron chi connectivity index (χ0n) is 17.7. The second-order valence-corrected chi connectivity index (χ2v) is 8.96. The molecule has 8 nitrogen and oxygen atoms in total. The van der Waals surface area contributed by atoms with E-state index in [9.17, 15) is 18.0 Å². The molecule has 2 amide bonds. The van der Waals surface area contributed by atoms with Crippen molar-refractivity contribution in [2.75, 3.05) is 7.11 Å². The Bertz CT molecular complexity index is 1380. The summed E-state index contributed by atoms with van der Waals surface area (Å²) in [5, 5.41) is 10.5. The van der Waals surface area contributed by atoms with Crippen LogP contribution in [0.2, 0.25) is 0 Å². The lowest BCUT2D eigenvalue weighted by Gasteiger charge is -2.19. The van der Waals surface area contributed by atoms with E-state index in [1.165, 1.54) is 12.1 Å². The zero-order valence-corrected chi connectivity index (χ0v) is 18.5. The van der Waals surface area contributed by atoms with E-state index in [1.54, 1.807) is 37.6 Å². The van der Waals surface area contributed by atoms with E-state index in [4.69, 9.17) is 9.88 Å². The molecule has 1 aliphatic rings. The molecule has 3 aromatic carbocycles. The molecule has 0 aromatic heterocycles. The van der Waals surface area contributed by atoms with Crippen LogP contribution >= 0.6 is 0 Å². The molecule has 0 saturated carbocycles. The number of imide groups is 1. The molecule has 0 aliphatic carbocycles. The summed E-state index contributed by atoms with van der Waals surface area (Å²) in [5.74, 6) is -0.264. The highest BCUT2D eigenvalue weighted by molar-refractivity contribution is 7.89. The summed E-state index contributed by atoms with van der Waals surface area (Å²) in [5.41, 5.74) is 3.73. The van der Waals surface area contributed by atoms with Gasteiger partial charge in [-0.2, -0.15) is 0 Å². The first kappa shape index (κ1) is 22.3. The van der Waals surface area contributed by atoms with E-state index < -0.39 is 21.8 Å². The lowest BCUT2D eigenvalue weighted by Crippen LogP contribution is -2.37. The van der Waals surface area contributed by atoms with Gasteiger partial charge in [0, 0.05) is 23.9 Å². The van der Waals surface area contributed by atoms with Crippen LogP contribution in [0.1, 0.15) is 21.5 Å². The van der Waals surface area contributed by atoms with Gasteiger partial charge in [0.1, 0.15) is 5.75 Å². The molecule has 0 fully saturated rings. The number of carbonyl (C=O) groups excluding carboxylic acids is 2. The monoisotopic (exact) mass is 463 g/mol. The molecule has 1 aliphatic heterocycles. The van der Waals surface area contributed by atoms with E-state index in [1.807, 2.05) is 30.3 Å². The summed E-state index contributed by atoms with van der Waals surface area (Å²) in [4.78, 5) is 24.9. The number of nitrogens with one attached hydrogen (secondary N) is 2. The minimum Gasteiger partial charge on any atom is -0.497 e. The number of sulfonamides is 1. The minimum atomic E-state index is -3.76. The molecule has 1 heterocycles. The van der Waals surface area contributed by atoms with Crippen LogP contribution in [0.25, 0.3) is 16.7 Å². The maximum absolute atomic E-state index is 12.6. The Morgan fingerprint density at radius 3 is 2.36 bits per heavy atom. The van der Waals surface area contributed by atoms with Gasteiger partial charge in [-0.1, -0.05) is 30.3 Å². The van der Waals surface area contributed by atoms with Crippen molar-refractivity contribution in [1.29, 1.82) is 0 Å². The van der Waals surface area contributed by atoms with Crippen molar-refractivity contribution < 1.29 is 22.7 Å². The SMILES string of the molecule is COc1cccc(-c2ccc3c(c2)/C(=C/NCc2ccc(S(N)(=O)=O)cc2)C(=O)NC3=O)c1. The van der Waals surface area contributed by atoms with Gasteiger partial charge in [0.15, 0.2) is 0 Å². The number of methoxy groups -OCH3 is 1. The molecule has 0 atom stereocenters. The first-order chi connectivity index (χ1) is 15.8. The molecule has 0 bridgehead atoms. The van der Waals surface area contributed by atoms with Crippen LogP contribution in [0.5, 0.6) is 5.75 Å². The second-order valence-electron chi connectivity index (χ2n) is 7.40. The molecule has 0 unspecified atom stereocenters. The molecule has 4 N–H and O–H groups in total. The standard InChI is InChI=1S/C24H21N3O5S/c1-32-18-4-2-3-16(11-18)17-7-10-20-21(12-17)22(24(29)27-23(20)28)14-26-13-15-5-8-19(9-6-15)33(25,30)31/h2-12,14,26H,13H2,1H3,(H2,25,30,31)(H,27,28,29)/b22-14-. The van der Waals surface area contributed by atoms with E-state index >= 15 is 0 Å². The molecule has 9 heteroatoms. The number of hydrogen-bond donors (Lipinski definition) is 3. The van der Waals surface area contributed by atoms with Crippen LogP contribution in [-0.2, 0) is 21.4 Å². The number of amides is 2.